The van der Waals surface area contributed by atoms with Crippen molar-refractivity contribution in [2.24, 2.45) is 5.92 Å². The number of hydrogen-bond donors (Lipinski definition) is 1. The number of ether oxygens (including phenoxy) is 2. The number of piperidine rings is 1. The van der Waals surface area contributed by atoms with Gasteiger partial charge in [-0.3, -0.25) is 4.90 Å². The summed E-state index contributed by atoms with van der Waals surface area (Å²) >= 11 is 0. The van der Waals surface area contributed by atoms with Crippen molar-refractivity contribution in [2.45, 2.75) is 58.7 Å². The quantitative estimate of drug-likeness (QED) is 0.394. The number of benzene rings is 3. The molecule has 2 aliphatic rings. The minimum absolute atomic E-state index is 0.0166. The summed E-state index contributed by atoms with van der Waals surface area (Å²) in [6.45, 7) is 12.6. The molecule has 2 N–H and O–H groups in total. The van der Waals surface area contributed by atoms with Gasteiger partial charge in [0.15, 0.2) is 0 Å². The third kappa shape index (κ3) is 5.02. The fourth-order valence-corrected chi connectivity index (χ4v) is 5.97. The van der Waals surface area contributed by atoms with Crippen molar-refractivity contribution in [3.05, 3.63) is 94.0 Å². The minimum Gasteiger partial charge on any atom is -0.485 e. The van der Waals surface area contributed by atoms with Crippen molar-refractivity contribution in [3.8, 4) is 5.75 Å². The van der Waals surface area contributed by atoms with E-state index >= 15 is 0 Å². The largest absolute Gasteiger partial charge is 0.485 e. The van der Waals surface area contributed by atoms with E-state index in [-0.39, 0.29) is 11.7 Å². The lowest BCUT2D eigenvalue weighted by molar-refractivity contribution is 0.0130. The van der Waals surface area contributed by atoms with E-state index in [1.165, 1.54) is 27.8 Å². The molecule has 2 aliphatic heterocycles. The van der Waals surface area contributed by atoms with Gasteiger partial charge in [-0.05, 0) is 87.4 Å². The van der Waals surface area contributed by atoms with E-state index in [0.29, 0.717) is 5.92 Å². The Morgan fingerprint density at radius 1 is 0.917 bits per heavy atom. The Bertz CT molecular complexity index is 1110. The number of nitrogens with zero attached hydrogens (tertiary/aromatic N) is 1. The van der Waals surface area contributed by atoms with E-state index in [0.717, 1.165) is 62.5 Å². The molecular weight excluding hydrogens is 444 g/mol. The summed E-state index contributed by atoms with van der Waals surface area (Å²) in [5.41, 5.74) is 14.4. The van der Waals surface area contributed by atoms with Crippen LogP contribution in [0.5, 0.6) is 5.75 Å². The highest BCUT2D eigenvalue weighted by Gasteiger charge is 2.39. The van der Waals surface area contributed by atoms with E-state index in [9.17, 15) is 0 Å². The average Bonchev–Trinajstić information content (AvgIpc) is 3.26. The smallest absolute Gasteiger partial charge is 0.127 e. The Kier molecular flexibility index (Phi) is 7.09. The number of anilines is 1. The Balaban J connectivity index is 1.18. The number of nitrogen functional groups attached to an aromatic ring is 1. The molecule has 1 unspecified atom stereocenters. The van der Waals surface area contributed by atoms with E-state index in [1.54, 1.807) is 0 Å². The standard InChI is InChI=1S/C32H40N2O2/c1-22-23(2)30-28(24(3)29(22)33)19-32(4,36-30)21-34-17-15-25(16-18-34)20-35-31(26-11-7-5-8-12-26)27-13-9-6-10-14-27/h5-14,25,31H,15-21,33H2,1-4H3. The third-order valence-electron chi connectivity index (χ3n) is 8.31. The van der Waals surface area contributed by atoms with Gasteiger partial charge in [0, 0.05) is 24.2 Å². The molecule has 5 rings (SSSR count). The zero-order valence-corrected chi connectivity index (χ0v) is 22.2. The minimum atomic E-state index is -0.201. The fraction of sp³-hybridized carbons (Fsp3) is 0.438. The first-order chi connectivity index (χ1) is 17.3. The van der Waals surface area contributed by atoms with Gasteiger partial charge in [-0.15, -0.1) is 0 Å². The summed E-state index contributed by atoms with van der Waals surface area (Å²) < 4.78 is 13.2. The molecular formula is C32H40N2O2. The molecule has 1 saturated heterocycles. The third-order valence-corrected chi connectivity index (χ3v) is 8.31. The summed E-state index contributed by atoms with van der Waals surface area (Å²) in [6.07, 6.45) is 3.22. The van der Waals surface area contributed by atoms with Crippen molar-refractivity contribution in [3.63, 3.8) is 0 Å². The summed E-state index contributed by atoms with van der Waals surface area (Å²) in [5.74, 6) is 1.65. The molecule has 2 heterocycles. The molecule has 3 aromatic rings. The first kappa shape index (κ1) is 24.9. The van der Waals surface area contributed by atoms with Crippen molar-refractivity contribution >= 4 is 5.69 Å². The number of likely N-dealkylation sites (tertiary alicyclic amines) is 1. The molecule has 4 nitrogen and oxygen atoms in total. The van der Waals surface area contributed by atoms with Crippen LogP contribution < -0.4 is 10.5 Å². The van der Waals surface area contributed by atoms with Gasteiger partial charge in [0.05, 0.1) is 6.61 Å². The van der Waals surface area contributed by atoms with Gasteiger partial charge >= 0.3 is 0 Å². The number of hydrogen-bond acceptors (Lipinski definition) is 4. The maximum atomic E-state index is 6.63. The van der Waals surface area contributed by atoms with Gasteiger partial charge in [-0.25, -0.2) is 0 Å². The first-order valence-electron chi connectivity index (χ1n) is 13.4. The van der Waals surface area contributed by atoms with Crippen LogP contribution in [0.4, 0.5) is 5.69 Å². The SMILES string of the molecule is Cc1c(C)c2c(c(C)c1N)CC(C)(CN1CCC(COC(c3ccccc3)c3ccccc3)CC1)O2. The zero-order chi connectivity index (χ0) is 25.3. The number of nitrogens with two attached hydrogens (primary N) is 1. The molecule has 0 saturated carbocycles. The van der Waals surface area contributed by atoms with Gasteiger partial charge in [0.1, 0.15) is 17.5 Å². The predicted octanol–water partition coefficient (Wildman–Crippen LogP) is 6.41. The number of rotatable bonds is 7. The first-order valence-corrected chi connectivity index (χ1v) is 13.4. The lowest BCUT2D eigenvalue weighted by Crippen LogP contribution is -2.47. The van der Waals surface area contributed by atoms with E-state index in [4.69, 9.17) is 15.2 Å². The van der Waals surface area contributed by atoms with Crippen LogP contribution >= 0.6 is 0 Å². The zero-order valence-electron chi connectivity index (χ0n) is 22.2. The van der Waals surface area contributed by atoms with Gasteiger partial charge in [-0.1, -0.05) is 60.7 Å². The van der Waals surface area contributed by atoms with Crippen LogP contribution in [-0.4, -0.2) is 36.7 Å². The lowest BCUT2D eigenvalue weighted by atomic mass is 9.90. The second kappa shape index (κ2) is 10.3. The topological polar surface area (TPSA) is 47.7 Å². The van der Waals surface area contributed by atoms with Crippen LogP contribution in [0.1, 0.15) is 59.3 Å². The van der Waals surface area contributed by atoms with Gasteiger partial charge < -0.3 is 15.2 Å². The molecule has 1 atom stereocenters. The van der Waals surface area contributed by atoms with Crippen LogP contribution in [0.15, 0.2) is 60.7 Å². The highest BCUT2D eigenvalue weighted by atomic mass is 16.5. The summed E-state index contributed by atoms with van der Waals surface area (Å²) in [5, 5.41) is 0. The summed E-state index contributed by atoms with van der Waals surface area (Å²) in [4.78, 5) is 2.58. The molecule has 36 heavy (non-hydrogen) atoms. The van der Waals surface area contributed by atoms with Crippen LogP contribution in [0.2, 0.25) is 0 Å². The molecule has 0 aliphatic carbocycles. The average molecular weight is 485 g/mol. The molecule has 1 fully saturated rings. The highest BCUT2D eigenvalue weighted by Crippen LogP contribution is 2.44. The number of fused-ring (bicyclic) bond motifs is 1. The molecule has 0 amide bonds. The lowest BCUT2D eigenvalue weighted by Gasteiger charge is -2.37. The van der Waals surface area contributed by atoms with Crippen LogP contribution in [0.25, 0.3) is 0 Å². The van der Waals surface area contributed by atoms with Crippen LogP contribution in [0, 0.1) is 26.7 Å². The maximum absolute atomic E-state index is 6.63. The Labute approximate surface area is 216 Å². The van der Waals surface area contributed by atoms with Gasteiger partial charge in [-0.2, -0.15) is 0 Å². The monoisotopic (exact) mass is 484 g/mol. The van der Waals surface area contributed by atoms with Crippen molar-refractivity contribution in [1.29, 1.82) is 0 Å². The van der Waals surface area contributed by atoms with E-state index in [1.807, 2.05) is 0 Å². The molecule has 0 radical (unpaired) electrons. The van der Waals surface area contributed by atoms with Crippen molar-refractivity contribution in [2.75, 3.05) is 32.0 Å². The Morgan fingerprint density at radius 2 is 1.50 bits per heavy atom. The molecule has 3 aromatic carbocycles. The Hall–Kier alpha value is -2.82. The second-order valence-electron chi connectivity index (χ2n) is 11.1. The Morgan fingerprint density at radius 3 is 2.08 bits per heavy atom. The van der Waals surface area contributed by atoms with Crippen LogP contribution in [0.3, 0.4) is 0 Å². The summed E-state index contributed by atoms with van der Waals surface area (Å²) in [6, 6.07) is 21.2. The molecule has 190 valence electrons. The normalized spacial score (nSPS) is 20.5. The molecule has 0 bridgehead atoms. The second-order valence-corrected chi connectivity index (χ2v) is 11.1. The predicted molar refractivity (Wildman–Crippen MR) is 148 cm³/mol. The molecule has 0 spiro atoms. The van der Waals surface area contributed by atoms with Gasteiger partial charge in [0.25, 0.3) is 0 Å². The van der Waals surface area contributed by atoms with Gasteiger partial charge in [0.2, 0.25) is 0 Å². The van der Waals surface area contributed by atoms with E-state index < -0.39 is 0 Å². The maximum Gasteiger partial charge on any atom is 0.127 e. The summed E-state index contributed by atoms with van der Waals surface area (Å²) in [7, 11) is 0. The molecule has 4 heteroatoms. The van der Waals surface area contributed by atoms with Crippen molar-refractivity contribution < 1.29 is 9.47 Å². The fourth-order valence-electron chi connectivity index (χ4n) is 5.97. The van der Waals surface area contributed by atoms with Crippen molar-refractivity contribution in [1.82, 2.24) is 4.90 Å². The molecule has 0 aromatic heterocycles. The highest BCUT2D eigenvalue weighted by molar-refractivity contribution is 5.66. The van der Waals surface area contributed by atoms with Crippen LogP contribution in [-0.2, 0) is 11.2 Å². The van der Waals surface area contributed by atoms with E-state index in [2.05, 4.69) is 93.3 Å².